The molecule has 8 heteroatoms. The monoisotopic (exact) mass is 1050 g/mol. The number of nitrogens with zero attached hydrogens (tertiary/aromatic N) is 4. The molecule has 0 bridgehead atoms. The van der Waals surface area contributed by atoms with Crippen molar-refractivity contribution in [1.82, 2.24) is 19.1 Å². The summed E-state index contributed by atoms with van der Waals surface area (Å²) in [7, 11) is 0. The Morgan fingerprint density at radius 1 is 0.566 bits per heavy atom. The number of hydrogen-bond donors (Lipinski definition) is 0. The quantitative estimate of drug-likeness (QED) is 0.156. The van der Waals surface area contributed by atoms with E-state index in [0.29, 0.717) is 5.82 Å². The van der Waals surface area contributed by atoms with Crippen molar-refractivity contribution in [3.05, 3.63) is 193 Å². The van der Waals surface area contributed by atoms with E-state index >= 15 is 0 Å². The average Bonchev–Trinajstić information content (AvgIpc) is 3.83. The van der Waals surface area contributed by atoms with Crippen molar-refractivity contribution in [3.8, 4) is 56.4 Å². The molecule has 53 heavy (non-hydrogen) atoms. The second kappa shape index (κ2) is 17.6. The van der Waals surface area contributed by atoms with Gasteiger partial charge in [0.1, 0.15) is 0 Å². The smallest absolute Gasteiger partial charge is 0.0630 e. The number of para-hydroxylation sites is 1. The van der Waals surface area contributed by atoms with E-state index in [0.717, 1.165) is 51.5 Å². The van der Waals surface area contributed by atoms with E-state index < -0.39 is 11.6 Å². The summed E-state index contributed by atoms with van der Waals surface area (Å²) in [5.41, 5.74) is 11.0. The maximum Gasteiger partial charge on any atom is 0.0630 e. The first-order chi connectivity index (χ1) is 24.9. The number of aryl methyl sites for hydroxylation is 3. The van der Waals surface area contributed by atoms with E-state index in [-0.39, 0.29) is 45.8 Å². The standard InChI is InChI=1S/C27H17F2N2.C18H17N2.2Ir/c28-21-14-15-24(25(29)18-21)27-30-16-17-31(27)26-22(19-8-3-1-4-9-19)12-7-13-23(26)20-10-5-2-6-11-20;1-13-11-14(2)17(15(3)12-13)20-10-9-19-18(20)16-7-5-4-6-8-16;;/h1-14,16-18H;4-7,9-12H,1-3H3;;/q2*-1;;. The molecule has 8 aromatic rings. The van der Waals surface area contributed by atoms with Gasteiger partial charge in [0.2, 0.25) is 0 Å². The molecular formula is C45H34F2Ir2N4-2. The Morgan fingerprint density at radius 2 is 1.11 bits per heavy atom. The van der Waals surface area contributed by atoms with Crippen LogP contribution in [0.15, 0.2) is 152 Å². The van der Waals surface area contributed by atoms with Crippen molar-refractivity contribution in [1.29, 1.82) is 0 Å². The van der Waals surface area contributed by atoms with Crippen LogP contribution in [0.1, 0.15) is 16.7 Å². The van der Waals surface area contributed by atoms with Crippen molar-refractivity contribution in [2.45, 2.75) is 20.8 Å². The first-order valence-electron chi connectivity index (χ1n) is 16.6. The predicted molar refractivity (Wildman–Crippen MR) is 201 cm³/mol. The summed E-state index contributed by atoms with van der Waals surface area (Å²) in [5.74, 6) is -0.0846. The molecule has 6 aromatic carbocycles. The van der Waals surface area contributed by atoms with Gasteiger partial charge in [0.25, 0.3) is 0 Å². The fourth-order valence-electron chi connectivity index (χ4n) is 6.56. The number of benzene rings is 6. The van der Waals surface area contributed by atoms with Crippen LogP contribution < -0.4 is 0 Å². The molecule has 0 saturated carbocycles. The van der Waals surface area contributed by atoms with Gasteiger partial charge in [0.05, 0.1) is 17.3 Å². The van der Waals surface area contributed by atoms with Gasteiger partial charge < -0.3 is 9.13 Å². The molecule has 2 radical (unpaired) electrons. The van der Waals surface area contributed by atoms with Crippen LogP contribution >= 0.6 is 0 Å². The Balaban J connectivity index is 0.000000214. The van der Waals surface area contributed by atoms with Gasteiger partial charge >= 0.3 is 0 Å². The first-order valence-corrected chi connectivity index (χ1v) is 16.6. The Kier molecular flexibility index (Phi) is 13.0. The van der Waals surface area contributed by atoms with E-state index in [1.807, 2.05) is 120 Å². The molecule has 0 amide bonds. The van der Waals surface area contributed by atoms with Crippen LogP contribution in [-0.2, 0) is 40.2 Å². The minimum Gasteiger partial charge on any atom is -0.340 e. The van der Waals surface area contributed by atoms with Gasteiger partial charge in [-0.15, -0.1) is 48.0 Å². The summed E-state index contributed by atoms with van der Waals surface area (Å²) in [6.07, 6.45) is 7.26. The molecule has 0 fully saturated rings. The number of aromatic nitrogens is 4. The minimum atomic E-state index is -0.703. The fraction of sp³-hybridized carbons (Fsp3) is 0.0667. The van der Waals surface area contributed by atoms with Crippen LogP contribution in [0.5, 0.6) is 0 Å². The van der Waals surface area contributed by atoms with E-state index in [4.69, 9.17) is 0 Å². The summed E-state index contributed by atoms with van der Waals surface area (Å²) in [5, 5.41) is 0. The molecular weight excluding hydrogens is 1020 g/mol. The van der Waals surface area contributed by atoms with Crippen molar-refractivity contribution in [3.63, 3.8) is 0 Å². The van der Waals surface area contributed by atoms with Gasteiger partial charge in [-0.3, -0.25) is 18.7 Å². The summed E-state index contributed by atoms with van der Waals surface area (Å²) in [6.45, 7) is 6.42. The molecule has 2 aromatic heterocycles. The largest absolute Gasteiger partial charge is 0.340 e. The third kappa shape index (κ3) is 8.43. The molecule has 8 rings (SSSR count). The summed E-state index contributed by atoms with van der Waals surface area (Å²) in [4.78, 5) is 8.89. The van der Waals surface area contributed by atoms with Crippen LogP contribution in [0.2, 0.25) is 0 Å². The van der Waals surface area contributed by atoms with E-state index in [9.17, 15) is 8.78 Å². The molecule has 0 aliphatic carbocycles. The fourth-order valence-corrected chi connectivity index (χ4v) is 6.56. The van der Waals surface area contributed by atoms with Gasteiger partial charge in [-0.2, -0.15) is 0 Å². The zero-order valence-corrected chi connectivity index (χ0v) is 33.9. The summed E-state index contributed by atoms with van der Waals surface area (Å²) >= 11 is 0. The van der Waals surface area contributed by atoms with Gasteiger partial charge in [-0.05, 0) is 43.0 Å². The number of halogens is 2. The van der Waals surface area contributed by atoms with Crippen LogP contribution in [0.3, 0.4) is 0 Å². The second-order valence-electron chi connectivity index (χ2n) is 12.2. The van der Waals surface area contributed by atoms with Crippen molar-refractivity contribution >= 4 is 0 Å². The Bertz CT molecular complexity index is 2340. The Labute approximate surface area is 335 Å². The van der Waals surface area contributed by atoms with E-state index in [1.54, 1.807) is 12.4 Å². The van der Waals surface area contributed by atoms with Crippen molar-refractivity contribution in [2.24, 2.45) is 0 Å². The van der Waals surface area contributed by atoms with E-state index in [2.05, 4.69) is 59.6 Å². The molecule has 0 aliphatic heterocycles. The second-order valence-corrected chi connectivity index (χ2v) is 12.2. The predicted octanol–water partition coefficient (Wildman–Crippen LogP) is 11.2. The molecule has 0 atom stereocenters. The van der Waals surface area contributed by atoms with Crippen LogP contribution in [0, 0.1) is 44.5 Å². The summed E-state index contributed by atoms with van der Waals surface area (Å²) in [6, 6.07) is 46.4. The number of rotatable bonds is 6. The molecule has 2 heterocycles. The normalized spacial score (nSPS) is 10.4. The molecule has 268 valence electrons. The van der Waals surface area contributed by atoms with Gasteiger partial charge in [-0.25, -0.2) is 0 Å². The molecule has 0 spiro atoms. The molecule has 0 unspecified atom stereocenters. The van der Waals surface area contributed by atoms with Crippen molar-refractivity contribution in [2.75, 3.05) is 0 Å². The first kappa shape index (κ1) is 39.1. The Morgan fingerprint density at radius 3 is 1.66 bits per heavy atom. The average molecular weight is 1050 g/mol. The molecule has 0 saturated heterocycles. The van der Waals surface area contributed by atoms with Crippen molar-refractivity contribution < 1.29 is 49.0 Å². The zero-order chi connectivity index (χ0) is 35.3. The van der Waals surface area contributed by atoms with Crippen LogP contribution in [-0.4, -0.2) is 19.1 Å². The zero-order valence-electron chi connectivity index (χ0n) is 29.1. The maximum absolute atomic E-state index is 14.6. The van der Waals surface area contributed by atoms with Gasteiger partial charge in [0.15, 0.2) is 0 Å². The maximum atomic E-state index is 14.6. The SMILES string of the molecule is Cc1cc(C)c(-n2ccnc2-c2[c-]cccc2)c(C)c1.Fc1c[c-]c(-c2nccn2-c2c(-c3ccccc3)cccc2-c2ccccc2)c(F)c1.[Ir].[Ir]. The minimum absolute atomic E-state index is 0. The molecule has 0 N–H and O–H groups in total. The van der Waals surface area contributed by atoms with Crippen LogP contribution in [0.25, 0.3) is 56.4 Å². The van der Waals surface area contributed by atoms with Gasteiger partial charge in [0, 0.05) is 93.4 Å². The third-order valence-electron chi connectivity index (χ3n) is 8.64. The van der Waals surface area contributed by atoms with E-state index in [1.165, 1.54) is 22.4 Å². The Hall–Kier alpha value is -5.10. The van der Waals surface area contributed by atoms with Gasteiger partial charge in [-0.1, -0.05) is 108 Å². The molecule has 4 nitrogen and oxygen atoms in total. The molecule has 0 aliphatic rings. The number of imidazole rings is 2. The topological polar surface area (TPSA) is 35.6 Å². The van der Waals surface area contributed by atoms with Crippen LogP contribution in [0.4, 0.5) is 8.78 Å². The summed E-state index contributed by atoms with van der Waals surface area (Å²) < 4.78 is 32.1. The number of hydrogen-bond acceptors (Lipinski definition) is 2. The third-order valence-corrected chi connectivity index (χ3v) is 8.64.